The molecule has 0 saturated carbocycles. The fourth-order valence-corrected chi connectivity index (χ4v) is 3.52. The van der Waals surface area contributed by atoms with E-state index in [4.69, 9.17) is 5.73 Å². The minimum absolute atomic E-state index is 0.0188. The van der Waals surface area contributed by atoms with Gasteiger partial charge in [0.2, 0.25) is 0 Å². The van der Waals surface area contributed by atoms with Crippen LogP contribution in [0, 0.1) is 13.8 Å². The van der Waals surface area contributed by atoms with E-state index >= 15 is 0 Å². The second kappa shape index (κ2) is 5.85. The molecule has 1 aromatic carbocycles. The van der Waals surface area contributed by atoms with Crippen molar-refractivity contribution in [3.05, 3.63) is 34.9 Å². The molecule has 0 aliphatic carbocycles. The molecule has 0 aliphatic heterocycles. The molecule has 0 amide bonds. The van der Waals surface area contributed by atoms with Crippen LogP contribution in [0.25, 0.3) is 0 Å². The third-order valence-corrected chi connectivity index (χ3v) is 5.66. The third-order valence-electron chi connectivity index (χ3n) is 3.27. The van der Waals surface area contributed by atoms with Crippen LogP contribution >= 0.6 is 0 Å². The highest BCUT2D eigenvalue weighted by Gasteiger charge is 2.23. The lowest BCUT2D eigenvalue weighted by atomic mass is 10.0. The molecule has 0 fully saturated rings. The highest BCUT2D eigenvalue weighted by atomic mass is 32.2. The van der Waals surface area contributed by atoms with Crippen LogP contribution in [-0.2, 0) is 9.84 Å². The summed E-state index contributed by atoms with van der Waals surface area (Å²) in [6, 6.07) is 5.54. The van der Waals surface area contributed by atoms with Crippen molar-refractivity contribution in [2.75, 3.05) is 5.75 Å². The van der Waals surface area contributed by atoms with E-state index < -0.39 is 15.9 Å². The maximum Gasteiger partial charge on any atom is 0.154 e. The summed E-state index contributed by atoms with van der Waals surface area (Å²) in [5.74, 6) is 0.0188. The van der Waals surface area contributed by atoms with Gasteiger partial charge in [0.1, 0.15) is 0 Å². The molecule has 102 valence electrons. The van der Waals surface area contributed by atoms with E-state index in [1.807, 2.05) is 32.9 Å². The van der Waals surface area contributed by atoms with Crippen LogP contribution in [0.1, 0.15) is 43.0 Å². The summed E-state index contributed by atoms with van der Waals surface area (Å²) in [7, 11) is -3.11. The van der Waals surface area contributed by atoms with Crippen LogP contribution in [0.2, 0.25) is 0 Å². The average Bonchev–Trinajstić information content (AvgIpc) is 2.25. The number of hydrogen-bond acceptors (Lipinski definition) is 3. The van der Waals surface area contributed by atoms with E-state index in [0.29, 0.717) is 6.42 Å². The minimum Gasteiger partial charge on any atom is -0.323 e. The molecule has 18 heavy (non-hydrogen) atoms. The number of rotatable bonds is 5. The molecule has 1 aromatic rings. The first kappa shape index (κ1) is 15.2. The summed E-state index contributed by atoms with van der Waals surface area (Å²) in [4.78, 5) is 0. The molecule has 0 aromatic heterocycles. The Morgan fingerprint density at radius 3 is 2.11 bits per heavy atom. The fourth-order valence-electron chi connectivity index (χ4n) is 1.99. The second-order valence-electron chi connectivity index (χ2n) is 5.08. The van der Waals surface area contributed by atoms with Crippen molar-refractivity contribution in [3.8, 4) is 0 Å². The Hall–Kier alpha value is -0.870. The quantitative estimate of drug-likeness (QED) is 0.893. The van der Waals surface area contributed by atoms with Gasteiger partial charge in [-0.25, -0.2) is 8.42 Å². The van der Waals surface area contributed by atoms with Crippen molar-refractivity contribution in [2.45, 2.75) is 45.4 Å². The van der Waals surface area contributed by atoms with E-state index in [-0.39, 0.29) is 11.0 Å². The van der Waals surface area contributed by atoms with Gasteiger partial charge in [0.05, 0.1) is 11.0 Å². The molecule has 0 aliphatic rings. The second-order valence-corrected chi connectivity index (χ2v) is 7.54. The van der Waals surface area contributed by atoms with E-state index in [1.54, 1.807) is 6.92 Å². The molecule has 0 saturated heterocycles. The number of sulfone groups is 1. The maximum atomic E-state index is 12.0. The smallest absolute Gasteiger partial charge is 0.154 e. The zero-order valence-corrected chi connectivity index (χ0v) is 12.4. The van der Waals surface area contributed by atoms with Gasteiger partial charge in [-0.3, -0.25) is 0 Å². The van der Waals surface area contributed by atoms with Crippen molar-refractivity contribution in [1.82, 2.24) is 0 Å². The SMILES string of the molecule is CCC(C)S(=O)(=O)CC(N)c1cc(C)cc(C)c1. The lowest BCUT2D eigenvalue weighted by Gasteiger charge is -2.17. The van der Waals surface area contributed by atoms with Crippen molar-refractivity contribution in [3.63, 3.8) is 0 Å². The Morgan fingerprint density at radius 1 is 1.17 bits per heavy atom. The van der Waals surface area contributed by atoms with Crippen LogP contribution in [0.15, 0.2) is 18.2 Å². The van der Waals surface area contributed by atoms with E-state index in [1.165, 1.54) is 0 Å². The van der Waals surface area contributed by atoms with Gasteiger partial charge < -0.3 is 5.73 Å². The first-order valence-electron chi connectivity index (χ1n) is 6.31. The summed E-state index contributed by atoms with van der Waals surface area (Å²) in [5, 5.41) is -0.325. The van der Waals surface area contributed by atoms with E-state index in [0.717, 1.165) is 16.7 Å². The van der Waals surface area contributed by atoms with Crippen molar-refractivity contribution in [1.29, 1.82) is 0 Å². The van der Waals surface area contributed by atoms with Crippen molar-refractivity contribution >= 4 is 9.84 Å². The largest absolute Gasteiger partial charge is 0.323 e. The van der Waals surface area contributed by atoms with Crippen molar-refractivity contribution in [2.24, 2.45) is 5.73 Å². The van der Waals surface area contributed by atoms with E-state index in [9.17, 15) is 8.42 Å². The summed E-state index contributed by atoms with van der Waals surface area (Å²) >= 11 is 0. The molecular weight excluding hydrogens is 246 g/mol. The highest BCUT2D eigenvalue weighted by Crippen LogP contribution is 2.19. The fraction of sp³-hybridized carbons (Fsp3) is 0.571. The standard InChI is InChI=1S/C14H23NO2S/c1-5-12(4)18(16,17)9-14(15)13-7-10(2)6-11(3)8-13/h6-8,12,14H,5,9,15H2,1-4H3. The Bertz CT molecular complexity index is 488. The van der Waals surface area contributed by atoms with Gasteiger partial charge in [0, 0.05) is 6.04 Å². The van der Waals surface area contributed by atoms with Gasteiger partial charge >= 0.3 is 0 Å². The molecule has 2 N–H and O–H groups in total. The first-order valence-corrected chi connectivity index (χ1v) is 8.03. The number of nitrogens with two attached hydrogens (primary N) is 1. The number of hydrogen-bond donors (Lipinski definition) is 1. The van der Waals surface area contributed by atoms with Crippen LogP contribution in [0.3, 0.4) is 0 Å². The molecule has 2 unspecified atom stereocenters. The van der Waals surface area contributed by atoms with Gasteiger partial charge in [-0.1, -0.05) is 36.2 Å². The summed E-state index contributed by atoms with van der Waals surface area (Å²) in [6.45, 7) is 7.60. The Kier molecular flexibility index (Phi) is 4.93. The molecule has 0 bridgehead atoms. The monoisotopic (exact) mass is 269 g/mol. The Morgan fingerprint density at radius 2 is 1.67 bits per heavy atom. The Balaban J connectivity index is 2.92. The lowest BCUT2D eigenvalue weighted by molar-refractivity contribution is 0.574. The molecule has 3 nitrogen and oxygen atoms in total. The highest BCUT2D eigenvalue weighted by molar-refractivity contribution is 7.92. The van der Waals surface area contributed by atoms with Crippen molar-refractivity contribution < 1.29 is 8.42 Å². The average molecular weight is 269 g/mol. The normalized spacial score (nSPS) is 15.4. The van der Waals surface area contributed by atoms with Crippen LogP contribution in [-0.4, -0.2) is 19.4 Å². The molecule has 4 heteroatoms. The lowest BCUT2D eigenvalue weighted by Crippen LogP contribution is -2.28. The maximum absolute atomic E-state index is 12.0. The van der Waals surface area contributed by atoms with Crippen LogP contribution < -0.4 is 5.73 Å². The van der Waals surface area contributed by atoms with E-state index in [2.05, 4.69) is 6.07 Å². The summed E-state index contributed by atoms with van der Waals surface area (Å²) < 4.78 is 24.1. The van der Waals surface area contributed by atoms with Gasteiger partial charge in [-0.05, 0) is 32.8 Å². The predicted octanol–water partition coefficient (Wildman–Crippen LogP) is 2.52. The topological polar surface area (TPSA) is 60.2 Å². The molecule has 0 spiro atoms. The van der Waals surface area contributed by atoms with Gasteiger partial charge in [-0.15, -0.1) is 0 Å². The molecule has 0 heterocycles. The third kappa shape index (κ3) is 3.82. The first-order chi connectivity index (χ1) is 8.26. The van der Waals surface area contributed by atoms with Gasteiger partial charge in [0.25, 0.3) is 0 Å². The summed E-state index contributed by atoms with van der Waals surface area (Å²) in [6.07, 6.45) is 0.627. The zero-order valence-electron chi connectivity index (χ0n) is 11.6. The molecule has 1 rings (SSSR count). The zero-order chi connectivity index (χ0) is 13.9. The molecule has 0 radical (unpaired) electrons. The van der Waals surface area contributed by atoms with Crippen LogP contribution in [0.4, 0.5) is 0 Å². The minimum atomic E-state index is -3.11. The number of aryl methyl sites for hydroxylation is 2. The molecular formula is C14H23NO2S. The van der Waals surface area contributed by atoms with Gasteiger partial charge in [0.15, 0.2) is 9.84 Å². The predicted molar refractivity (Wildman–Crippen MR) is 76.4 cm³/mol. The Labute approximate surface area is 110 Å². The summed E-state index contributed by atoms with van der Waals surface area (Å²) in [5.41, 5.74) is 9.16. The van der Waals surface area contributed by atoms with Gasteiger partial charge in [-0.2, -0.15) is 0 Å². The number of benzene rings is 1. The molecule has 2 atom stereocenters. The van der Waals surface area contributed by atoms with Crippen LogP contribution in [0.5, 0.6) is 0 Å².